The van der Waals surface area contributed by atoms with Crippen molar-refractivity contribution < 1.29 is 0 Å². The predicted octanol–water partition coefficient (Wildman–Crippen LogP) is 3.66. The van der Waals surface area contributed by atoms with Crippen LogP contribution in [0.4, 0.5) is 0 Å². The minimum atomic E-state index is 1.15. The summed E-state index contributed by atoms with van der Waals surface area (Å²) in [5.41, 5.74) is 1.62. The molecule has 1 saturated heterocycles. The van der Waals surface area contributed by atoms with Gasteiger partial charge in [-0.15, -0.1) is 0 Å². The lowest BCUT2D eigenvalue weighted by molar-refractivity contribution is 0.588. The second-order valence-corrected chi connectivity index (χ2v) is 4.38. The number of hydrogen-bond acceptors (Lipinski definition) is 1. The molecule has 1 nitrogen and oxygen atoms in total. The summed E-state index contributed by atoms with van der Waals surface area (Å²) in [6, 6.07) is 0. The maximum absolute atomic E-state index is 3.27. The molecular formula is C13H25N. The van der Waals surface area contributed by atoms with Crippen LogP contribution in [0.1, 0.15) is 58.3 Å². The first-order valence-electron chi connectivity index (χ1n) is 6.32. The molecule has 1 rings (SSSR count). The number of nitrogens with one attached hydrogen (secondary N) is 1. The van der Waals surface area contributed by atoms with E-state index in [2.05, 4.69) is 18.3 Å². The highest BCUT2D eigenvalue weighted by Crippen LogP contribution is 2.10. The summed E-state index contributed by atoms with van der Waals surface area (Å²) in [5, 5.41) is 3.27. The van der Waals surface area contributed by atoms with Gasteiger partial charge in [0.1, 0.15) is 0 Å². The van der Waals surface area contributed by atoms with E-state index < -0.39 is 0 Å². The van der Waals surface area contributed by atoms with Gasteiger partial charge in [0.15, 0.2) is 0 Å². The van der Waals surface area contributed by atoms with E-state index in [-0.39, 0.29) is 0 Å². The van der Waals surface area contributed by atoms with Crippen molar-refractivity contribution in [1.29, 1.82) is 0 Å². The Balaban J connectivity index is 1.75. The second kappa shape index (κ2) is 8.05. The van der Waals surface area contributed by atoms with Crippen LogP contribution in [0, 0.1) is 0 Å². The van der Waals surface area contributed by atoms with Gasteiger partial charge in [-0.2, -0.15) is 0 Å². The summed E-state index contributed by atoms with van der Waals surface area (Å²) in [6.45, 7) is 4.58. The molecule has 0 amide bonds. The quantitative estimate of drug-likeness (QED) is 0.460. The molecule has 0 aromatic rings. The van der Waals surface area contributed by atoms with Crippen molar-refractivity contribution in [2.45, 2.75) is 58.3 Å². The lowest BCUT2D eigenvalue weighted by Crippen LogP contribution is -2.33. The molecule has 14 heavy (non-hydrogen) atoms. The van der Waals surface area contributed by atoms with Gasteiger partial charge in [-0.3, -0.25) is 0 Å². The molecule has 1 N–H and O–H groups in total. The van der Waals surface area contributed by atoms with E-state index in [0.29, 0.717) is 0 Å². The smallest absolute Gasteiger partial charge is 0.0180 e. The molecule has 1 heteroatoms. The average molecular weight is 195 g/mol. The number of allylic oxidation sites excluding steroid dienone is 1. The fourth-order valence-corrected chi connectivity index (χ4v) is 1.82. The van der Waals surface area contributed by atoms with E-state index in [4.69, 9.17) is 0 Å². The largest absolute Gasteiger partial charge is 0.309 e. The molecule has 82 valence electrons. The van der Waals surface area contributed by atoms with Gasteiger partial charge in [0.25, 0.3) is 0 Å². The summed E-state index contributed by atoms with van der Waals surface area (Å²) in [6.07, 6.45) is 13.7. The second-order valence-electron chi connectivity index (χ2n) is 4.38. The number of hydrogen-bond donors (Lipinski definition) is 1. The van der Waals surface area contributed by atoms with Crippen LogP contribution in [0.15, 0.2) is 11.6 Å². The molecule has 0 saturated carbocycles. The zero-order valence-electron chi connectivity index (χ0n) is 9.65. The zero-order chi connectivity index (χ0) is 10.1. The molecule has 0 aliphatic carbocycles. The van der Waals surface area contributed by atoms with E-state index in [0.717, 1.165) is 13.1 Å². The van der Waals surface area contributed by atoms with Gasteiger partial charge in [0.2, 0.25) is 0 Å². The lowest BCUT2D eigenvalue weighted by Gasteiger charge is -2.18. The Labute approximate surface area is 89.0 Å². The summed E-state index contributed by atoms with van der Waals surface area (Å²) in [7, 11) is 0. The summed E-state index contributed by atoms with van der Waals surface area (Å²) in [4.78, 5) is 0. The highest BCUT2D eigenvalue weighted by atomic mass is 14.9. The predicted molar refractivity (Wildman–Crippen MR) is 63.6 cm³/mol. The molecule has 0 radical (unpaired) electrons. The van der Waals surface area contributed by atoms with Gasteiger partial charge >= 0.3 is 0 Å². The third-order valence-electron chi connectivity index (χ3n) is 2.94. The summed E-state index contributed by atoms with van der Waals surface area (Å²) in [5.74, 6) is 0. The van der Waals surface area contributed by atoms with Crippen molar-refractivity contribution in [2.24, 2.45) is 0 Å². The Hall–Kier alpha value is -0.300. The van der Waals surface area contributed by atoms with Crippen LogP contribution in [0.5, 0.6) is 0 Å². The number of rotatable bonds is 8. The van der Waals surface area contributed by atoms with Gasteiger partial charge in [0, 0.05) is 13.1 Å². The molecule has 0 unspecified atom stereocenters. The van der Waals surface area contributed by atoms with E-state index in [1.54, 1.807) is 5.57 Å². The van der Waals surface area contributed by atoms with E-state index in [1.165, 1.54) is 51.4 Å². The fourth-order valence-electron chi connectivity index (χ4n) is 1.82. The van der Waals surface area contributed by atoms with E-state index in [1.807, 2.05) is 0 Å². The van der Waals surface area contributed by atoms with Gasteiger partial charge in [-0.05, 0) is 18.4 Å². The van der Waals surface area contributed by atoms with Crippen LogP contribution in [0.2, 0.25) is 0 Å². The Bertz CT molecular complexity index is 155. The average Bonchev–Trinajstić information content (AvgIpc) is 2.13. The Morgan fingerprint density at radius 1 is 1.00 bits per heavy atom. The summed E-state index contributed by atoms with van der Waals surface area (Å²) >= 11 is 0. The van der Waals surface area contributed by atoms with Gasteiger partial charge in [0.05, 0.1) is 0 Å². The first kappa shape index (κ1) is 11.8. The monoisotopic (exact) mass is 195 g/mol. The lowest BCUT2D eigenvalue weighted by atomic mass is 10.1. The van der Waals surface area contributed by atoms with E-state index >= 15 is 0 Å². The molecule has 0 aromatic heterocycles. The molecule has 0 bridgehead atoms. The molecule has 0 aromatic carbocycles. The normalized spacial score (nSPS) is 15.4. The third kappa shape index (κ3) is 5.43. The third-order valence-corrected chi connectivity index (χ3v) is 2.94. The van der Waals surface area contributed by atoms with Crippen molar-refractivity contribution in [3.8, 4) is 0 Å². The zero-order valence-corrected chi connectivity index (χ0v) is 9.65. The van der Waals surface area contributed by atoms with Crippen LogP contribution in [-0.4, -0.2) is 13.1 Å². The Morgan fingerprint density at radius 2 is 1.64 bits per heavy atom. The first-order chi connectivity index (χ1) is 6.93. The molecule has 1 heterocycles. The summed E-state index contributed by atoms with van der Waals surface area (Å²) < 4.78 is 0. The molecule has 1 fully saturated rings. The van der Waals surface area contributed by atoms with Crippen molar-refractivity contribution in [1.82, 2.24) is 5.32 Å². The van der Waals surface area contributed by atoms with Gasteiger partial charge in [-0.1, -0.05) is 51.5 Å². The minimum Gasteiger partial charge on any atom is -0.309 e. The molecule has 0 atom stereocenters. The first-order valence-corrected chi connectivity index (χ1v) is 6.32. The van der Waals surface area contributed by atoms with Crippen LogP contribution < -0.4 is 5.32 Å². The fraction of sp³-hybridized carbons (Fsp3) is 0.846. The Kier molecular flexibility index (Phi) is 6.77. The van der Waals surface area contributed by atoms with Gasteiger partial charge < -0.3 is 5.32 Å². The van der Waals surface area contributed by atoms with Crippen molar-refractivity contribution in [3.63, 3.8) is 0 Å². The van der Waals surface area contributed by atoms with Crippen LogP contribution in [-0.2, 0) is 0 Å². The topological polar surface area (TPSA) is 12.0 Å². The standard InChI is InChI=1S/C13H25N/c1-2-3-4-5-6-7-8-9-10-13-11-14-12-13/h10,14H,2-9,11-12H2,1H3. The maximum atomic E-state index is 3.27. The molecular weight excluding hydrogens is 170 g/mol. The van der Waals surface area contributed by atoms with Gasteiger partial charge in [-0.25, -0.2) is 0 Å². The Morgan fingerprint density at radius 3 is 2.21 bits per heavy atom. The minimum absolute atomic E-state index is 1.15. The van der Waals surface area contributed by atoms with Crippen molar-refractivity contribution in [3.05, 3.63) is 11.6 Å². The van der Waals surface area contributed by atoms with Crippen LogP contribution in [0.25, 0.3) is 0 Å². The molecule has 1 aliphatic heterocycles. The van der Waals surface area contributed by atoms with Crippen molar-refractivity contribution >= 4 is 0 Å². The highest BCUT2D eigenvalue weighted by molar-refractivity contribution is 5.13. The molecule has 1 aliphatic rings. The maximum Gasteiger partial charge on any atom is 0.0180 e. The van der Waals surface area contributed by atoms with Crippen LogP contribution in [0.3, 0.4) is 0 Å². The number of unbranched alkanes of at least 4 members (excludes halogenated alkanes) is 7. The van der Waals surface area contributed by atoms with Crippen molar-refractivity contribution in [2.75, 3.05) is 13.1 Å². The molecule has 0 spiro atoms. The SMILES string of the molecule is CCCCCCCCCC=C1CNC1. The highest BCUT2D eigenvalue weighted by Gasteiger charge is 2.04. The van der Waals surface area contributed by atoms with Crippen LogP contribution >= 0.6 is 0 Å². The van der Waals surface area contributed by atoms with E-state index in [9.17, 15) is 0 Å².